The number of aryl methyl sites for hydroxylation is 1. The van der Waals surface area contributed by atoms with Gasteiger partial charge >= 0.3 is 6.03 Å². The van der Waals surface area contributed by atoms with E-state index >= 15 is 0 Å². The highest BCUT2D eigenvalue weighted by molar-refractivity contribution is 5.74. The fraction of sp³-hybridized carbons (Fsp3) is 0.444. The van der Waals surface area contributed by atoms with Gasteiger partial charge in [-0.25, -0.2) is 14.8 Å². The molecule has 0 saturated carbocycles. The third-order valence-corrected chi connectivity index (χ3v) is 4.50. The maximum Gasteiger partial charge on any atom is 0.317 e. The molecule has 7 nitrogen and oxygen atoms in total. The molecule has 0 spiro atoms. The van der Waals surface area contributed by atoms with E-state index in [4.69, 9.17) is 4.98 Å². The van der Waals surface area contributed by atoms with Gasteiger partial charge in [0.05, 0.1) is 0 Å². The number of amides is 2. The van der Waals surface area contributed by atoms with Crippen molar-refractivity contribution >= 4 is 11.8 Å². The van der Waals surface area contributed by atoms with E-state index in [0.717, 1.165) is 35.7 Å². The smallest absolute Gasteiger partial charge is 0.317 e. The van der Waals surface area contributed by atoms with Crippen LogP contribution >= 0.6 is 0 Å². The van der Waals surface area contributed by atoms with E-state index < -0.39 is 0 Å². The van der Waals surface area contributed by atoms with Gasteiger partial charge in [0.2, 0.25) is 0 Å². The minimum atomic E-state index is 0.00946. The van der Waals surface area contributed by atoms with Crippen LogP contribution in [0.5, 0.6) is 0 Å². The molecule has 1 N–H and O–H groups in total. The topological polar surface area (TPSA) is 74.2 Å². The standard InChI is InChI=1S/C18H24N6O/c1-4-20-18(25)24-11-9-23(10-12-24)17-13(2)14(3)21-16(22-17)15-5-7-19-8-6-15/h5-8H,4,9-12H2,1-3H3,(H,20,25). The van der Waals surface area contributed by atoms with Crippen molar-refractivity contribution in [3.05, 3.63) is 35.8 Å². The van der Waals surface area contributed by atoms with Crippen LogP contribution in [0.2, 0.25) is 0 Å². The van der Waals surface area contributed by atoms with E-state index in [2.05, 4.69) is 27.1 Å². The van der Waals surface area contributed by atoms with Gasteiger partial charge in [0.25, 0.3) is 0 Å². The summed E-state index contributed by atoms with van der Waals surface area (Å²) in [5.41, 5.74) is 3.02. The van der Waals surface area contributed by atoms with Gasteiger partial charge < -0.3 is 15.1 Å². The third-order valence-electron chi connectivity index (χ3n) is 4.50. The van der Waals surface area contributed by atoms with Crippen molar-refractivity contribution in [1.29, 1.82) is 0 Å². The molecule has 132 valence electrons. The van der Waals surface area contributed by atoms with Gasteiger partial charge in [0.1, 0.15) is 5.82 Å². The first-order valence-electron chi connectivity index (χ1n) is 8.63. The molecule has 7 heteroatoms. The highest BCUT2D eigenvalue weighted by Crippen LogP contribution is 2.25. The first kappa shape index (κ1) is 17.1. The Bertz CT molecular complexity index is 741. The molecule has 2 aromatic heterocycles. The predicted octanol–water partition coefficient (Wildman–Crippen LogP) is 2.01. The Balaban J connectivity index is 1.81. The number of nitrogens with one attached hydrogen (secondary N) is 1. The van der Waals surface area contributed by atoms with Crippen molar-refractivity contribution in [2.75, 3.05) is 37.6 Å². The van der Waals surface area contributed by atoms with Gasteiger partial charge in [-0.15, -0.1) is 0 Å². The molecule has 1 fully saturated rings. The Labute approximate surface area is 148 Å². The number of hydrogen-bond donors (Lipinski definition) is 1. The Kier molecular flexibility index (Phi) is 5.11. The lowest BCUT2D eigenvalue weighted by Crippen LogP contribution is -2.52. The lowest BCUT2D eigenvalue weighted by molar-refractivity contribution is 0.195. The molecule has 0 atom stereocenters. The van der Waals surface area contributed by atoms with Crippen LogP contribution in [0.15, 0.2) is 24.5 Å². The van der Waals surface area contributed by atoms with Gasteiger partial charge in [-0.05, 0) is 32.9 Å². The average molecular weight is 340 g/mol. The molecule has 1 saturated heterocycles. The molecular weight excluding hydrogens is 316 g/mol. The maximum atomic E-state index is 12.0. The summed E-state index contributed by atoms with van der Waals surface area (Å²) in [5.74, 6) is 1.67. The number of anilines is 1. The second-order valence-corrected chi connectivity index (χ2v) is 6.13. The molecule has 3 rings (SSSR count). The molecule has 3 heterocycles. The van der Waals surface area contributed by atoms with Crippen LogP contribution in [0.3, 0.4) is 0 Å². The number of rotatable bonds is 3. The molecule has 0 unspecified atom stereocenters. The molecule has 2 aromatic rings. The third kappa shape index (κ3) is 3.70. The number of carbonyl (C=O) groups excluding carboxylic acids is 1. The summed E-state index contributed by atoms with van der Waals surface area (Å²) >= 11 is 0. The van der Waals surface area contributed by atoms with Crippen molar-refractivity contribution in [1.82, 2.24) is 25.2 Å². The number of aromatic nitrogens is 3. The second kappa shape index (κ2) is 7.46. The van der Waals surface area contributed by atoms with Crippen molar-refractivity contribution in [2.24, 2.45) is 0 Å². The molecule has 0 aliphatic carbocycles. The SMILES string of the molecule is CCNC(=O)N1CCN(c2nc(-c3ccncc3)nc(C)c2C)CC1. The van der Waals surface area contributed by atoms with Crippen LogP contribution in [0, 0.1) is 13.8 Å². The Hall–Kier alpha value is -2.70. The summed E-state index contributed by atoms with van der Waals surface area (Å²) in [5, 5.41) is 2.86. The highest BCUT2D eigenvalue weighted by atomic mass is 16.2. The van der Waals surface area contributed by atoms with Gasteiger partial charge in [-0.3, -0.25) is 4.98 Å². The Morgan fingerprint density at radius 3 is 2.44 bits per heavy atom. The largest absolute Gasteiger partial charge is 0.353 e. The molecule has 0 aromatic carbocycles. The van der Waals surface area contributed by atoms with Gasteiger partial charge in [-0.1, -0.05) is 0 Å². The van der Waals surface area contributed by atoms with E-state index in [1.807, 2.05) is 30.9 Å². The van der Waals surface area contributed by atoms with Crippen LogP contribution < -0.4 is 10.2 Å². The molecule has 1 aliphatic rings. The summed E-state index contributed by atoms with van der Waals surface area (Å²) < 4.78 is 0. The summed E-state index contributed by atoms with van der Waals surface area (Å²) in [6.07, 6.45) is 3.50. The molecular formula is C18H24N6O. The Morgan fingerprint density at radius 1 is 1.12 bits per heavy atom. The van der Waals surface area contributed by atoms with E-state index in [9.17, 15) is 4.79 Å². The second-order valence-electron chi connectivity index (χ2n) is 6.13. The number of urea groups is 1. The zero-order chi connectivity index (χ0) is 17.8. The zero-order valence-corrected chi connectivity index (χ0v) is 15.0. The number of hydrogen-bond acceptors (Lipinski definition) is 5. The zero-order valence-electron chi connectivity index (χ0n) is 15.0. The number of nitrogens with zero attached hydrogens (tertiary/aromatic N) is 5. The van der Waals surface area contributed by atoms with Crippen molar-refractivity contribution in [3.63, 3.8) is 0 Å². The summed E-state index contributed by atoms with van der Waals surface area (Å²) in [6.45, 7) is 9.57. The van der Waals surface area contributed by atoms with Crippen LogP contribution in [0.4, 0.5) is 10.6 Å². The molecule has 1 aliphatic heterocycles. The molecule has 0 radical (unpaired) electrons. The fourth-order valence-corrected chi connectivity index (χ4v) is 2.94. The lowest BCUT2D eigenvalue weighted by atomic mass is 10.2. The van der Waals surface area contributed by atoms with E-state index in [1.54, 1.807) is 12.4 Å². The molecule has 2 amide bonds. The monoisotopic (exact) mass is 340 g/mol. The summed E-state index contributed by atoms with van der Waals surface area (Å²) in [4.78, 5) is 29.5. The number of carbonyl (C=O) groups is 1. The normalized spacial score (nSPS) is 14.5. The van der Waals surface area contributed by atoms with Gasteiger partial charge in [0, 0.05) is 61.9 Å². The van der Waals surface area contributed by atoms with E-state index in [-0.39, 0.29) is 6.03 Å². The summed E-state index contributed by atoms with van der Waals surface area (Å²) in [6, 6.07) is 3.84. The molecule has 25 heavy (non-hydrogen) atoms. The number of piperazine rings is 1. The van der Waals surface area contributed by atoms with Crippen LogP contribution in [-0.4, -0.2) is 58.6 Å². The van der Waals surface area contributed by atoms with Gasteiger partial charge in [-0.2, -0.15) is 0 Å². The van der Waals surface area contributed by atoms with Gasteiger partial charge in [0.15, 0.2) is 5.82 Å². The van der Waals surface area contributed by atoms with Crippen molar-refractivity contribution in [2.45, 2.75) is 20.8 Å². The minimum Gasteiger partial charge on any atom is -0.353 e. The quantitative estimate of drug-likeness (QED) is 0.925. The maximum absolute atomic E-state index is 12.0. The predicted molar refractivity (Wildman–Crippen MR) is 97.6 cm³/mol. The summed E-state index contributed by atoms with van der Waals surface area (Å²) in [7, 11) is 0. The fourth-order valence-electron chi connectivity index (χ4n) is 2.94. The van der Waals surface area contributed by atoms with Crippen molar-refractivity contribution in [3.8, 4) is 11.4 Å². The van der Waals surface area contributed by atoms with Crippen molar-refractivity contribution < 1.29 is 4.79 Å². The van der Waals surface area contributed by atoms with E-state index in [0.29, 0.717) is 25.5 Å². The van der Waals surface area contributed by atoms with Crippen LogP contribution in [-0.2, 0) is 0 Å². The number of pyridine rings is 1. The first-order valence-corrected chi connectivity index (χ1v) is 8.63. The van der Waals surface area contributed by atoms with Crippen LogP contribution in [0.1, 0.15) is 18.2 Å². The van der Waals surface area contributed by atoms with Crippen LogP contribution in [0.25, 0.3) is 11.4 Å². The van der Waals surface area contributed by atoms with E-state index in [1.165, 1.54) is 0 Å². The minimum absolute atomic E-state index is 0.00946. The first-order chi connectivity index (χ1) is 12.1. The molecule has 0 bridgehead atoms. The lowest BCUT2D eigenvalue weighted by Gasteiger charge is -2.36. The Morgan fingerprint density at radius 2 is 1.80 bits per heavy atom. The average Bonchev–Trinajstić information content (AvgIpc) is 2.65. The highest BCUT2D eigenvalue weighted by Gasteiger charge is 2.23.